The molecule has 2 aromatic rings. The lowest BCUT2D eigenvalue weighted by atomic mass is 9.75. The number of dihydropyridines is 1. The molecule has 8 nitrogen and oxygen atoms in total. The van der Waals surface area contributed by atoms with E-state index in [1.807, 2.05) is 0 Å². The lowest BCUT2D eigenvalue weighted by Gasteiger charge is -2.34. The van der Waals surface area contributed by atoms with E-state index in [9.17, 15) is 28.5 Å². The standard InChI is InChI=1S/C23H19F2N3O4.C2H6O/c1-12-20(23(30)27-17-9-8-14(24)11-16(17)25)21(13-4-2-5-15(10-13)28(31)32)22-18(26-12)6-3-7-19(22)29;1-2-3/h2,4-5,8-11,21,26H,3,6-7H2,1H3,(H,27,30);3H,2H2,1H3. The summed E-state index contributed by atoms with van der Waals surface area (Å²) in [4.78, 5) is 36.9. The van der Waals surface area contributed by atoms with E-state index in [2.05, 4.69) is 10.6 Å². The number of amides is 1. The molecule has 1 amide bonds. The second kappa shape index (κ2) is 11.0. The fourth-order valence-corrected chi connectivity index (χ4v) is 4.22. The Labute approximate surface area is 200 Å². The van der Waals surface area contributed by atoms with Gasteiger partial charge in [0.25, 0.3) is 11.6 Å². The molecular weight excluding hydrogens is 460 g/mol. The van der Waals surface area contributed by atoms with Crippen LogP contribution in [0.3, 0.4) is 0 Å². The van der Waals surface area contributed by atoms with Crippen LogP contribution in [0.5, 0.6) is 0 Å². The van der Waals surface area contributed by atoms with Gasteiger partial charge < -0.3 is 15.7 Å². The van der Waals surface area contributed by atoms with Crippen LogP contribution >= 0.6 is 0 Å². The first-order valence-electron chi connectivity index (χ1n) is 11.0. The molecule has 1 unspecified atom stereocenters. The molecule has 35 heavy (non-hydrogen) atoms. The zero-order chi connectivity index (χ0) is 25.7. The third kappa shape index (κ3) is 5.60. The molecule has 2 aromatic carbocycles. The van der Waals surface area contributed by atoms with Crippen molar-refractivity contribution in [3.8, 4) is 0 Å². The molecular formula is C25H25F2N3O5. The van der Waals surface area contributed by atoms with Crippen molar-refractivity contribution in [1.29, 1.82) is 0 Å². The number of nitro benzene ring substituents is 1. The number of aliphatic hydroxyl groups is 1. The Morgan fingerprint density at radius 3 is 2.60 bits per heavy atom. The molecule has 1 atom stereocenters. The van der Waals surface area contributed by atoms with Crippen LogP contribution < -0.4 is 10.6 Å². The van der Waals surface area contributed by atoms with Gasteiger partial charge in [0.15, 0.2) is 5.78 Å². The van der Waals surface area contributed by atoms with Gasteiger partial charge in [0, 0.05) is 59.7 Å². The first-order chi connectivity index (χ1) is 16.7. The summed E-state index contributed by atoms with van der Waals surface area (Å²) in [5, 5.41) is 24.4. The van der Waals surface area contributed by atoms with Gasteiger partial charge >= 0.3 is 0 Å². The average molecular weight is 485 g/mol. The van der Waals surface area contributed by atoms with E-state index in [4.69, 9.17) is 5.11 Å². The smallest absolute Gasteiger partial charge is 0.269 e. The summed E-state index contributed by atoms with van der Waals surface area (Å²) in [6.45, 7) is 3.59. The van der Waals surface area contributed by atoms with Crippen LogP contribution in [0.4, 0.5) is 20.2 Å². The second-order valence-electron chi connectivity index (χ2n) is 8.01. The van der Waals surface area contributed by atoms with Crippen molar-refractivity contribution in [2.75, 3.05) is 11.9 Å². The summed E-state index contributed by atoms with van der Waals surface area (Å²) in [6.07, 6.45) is 1.56. The summed E-state index contributed by atoms with van der Waals surface area (Å²) in [5.41, 5.74) is 1.68. The number of halogens is 2. The van der Waals surface area contributed by atoms with Crippen LogP contribution in [0.1, 0.15) is 44.6 Å². The van der Waals surface area contributed by atoms with Crippen LogP contribution in [0, 0.1) is 21.7 Å². The highest BCUT2D eigenvalue weighted by molar-refractivity contribution is 6.09. The zero-order valence-corrected chi connectivity index (χ0v) is 19.2. The van der Waals surface area contributed by atoms with Gasteiger partial charge in [-0.25, -0.2) is 8.78 Å². The highest BCUT2D eigenvalue weighted by Gasteiger charge is 2.39. The van der Waals surface area contributed by atoms with Crippen LogP contribution in [-0.4, -0.2) is 28.3 Å². The predicted molar refractivity (Wildman–Crippen MR) is 125 cm³/mol. The first-order valence-corrected chi connectivity index (χ1v) is 11.0. The minimum absolute atomic E-state index is 0.142. The summed E-state index contributed by atoms with van der Waals surface area (Å²) in [7, 11) is 0. The topological polar surface area (TPSA) is 122 Å². The lowest BCUT2D eigenvalue weighted by molar-refractivity contribution is -0.384. The van der Waals surface area contributed by atoms with E-state index in [1.54, 1.807) is 19.9 Å². The lowest BCUT2D eigenvalue weighted by Crippen LogP contribution is -2.35. The fraction of sp³-hybridized carbons (Fsp3) is 0.280. The summed E-state index contributed by atoms with van der Waals surface area (Å²) < 4.78 is 27.4. The number of benzene rings is 2. The number of hydrogen-bond donors (Lipinski definition) is 3. The zero-order valence-electron chi connectivity index (χ0n) is 19.2. The van der Waals surface area contributed by atoms with E-state index in [0.717, 1.165) is 12.1 Å². The van der Waals surface area contributed by atoms with E-state index in [-0.39, 0.29) is 29.3 Å². The van der Waals surface area contributed by atoms with Crippen molar-refractivity contribution in [2.24, 2.45) is 0 Å². The van der Waals surface area contributed by atoms with E-state index in [1.165, 1.54) is 18.2 Å². The number of Topliss-reactive ketones (excluding diaryl/α,β-unsaturated/α-hetero) is 1. The Bertz CT molecular complexity index is 1240. The molecule has 184 valence electrons. The molecule has 4 rings (SSSR count). The molecule has 0 saturated heterocycles. The molecule has 0 fully saturated rings. The SMILES string of the molecule is CC1=C(C(=O)Nc2ccc(F)cc2F)C(c2cccc([N+](=O)[O-])c2)C2=C(CCCC2=O)N1.CCO. The Balaban J connectivity index is 0.00000108. The van der Waals surface area contributed by atoms with Crippen molar-refractivity contribution in [1.82, 2.24) is 5.32 Å². The highest BCUT2D eigenvalue weighted by atomic mass is 19.1. The molecule has 0 spiro atoms. The van der Waals surface area contributed by atoms with Gasteiger partial charge in [-0.3, -0.25) is 19.7 Å². The van der Waals surface area contributed by atoms with Gasteiger partial charge in [0.2, 0.25) is 0 Å². The number of carbonyl (C=O) groups excluding carboxylic acids is 2. The number of hydrogen-bond acceptors (Lipinski definition) is 6. The Morgan fingerprint density at radius 1 is 1.23 bits per heavy atom. The van der Waals surface area contributed by atoms with E-state index < -0.39 is 28.4 Å². The van der Waals surface area contributed by atoms with Crippen LogP contribution in [0.25, 0.3) is 0 Å². The minimum Gasteiger partial charge on any atom is -0.397 e. The number of rotatable bonds is 4. The van der Waals surface area contributed by atoms with Crippen molar-refractivity contribution in [3.63, 3.8) is 0 Å². The first kappa shape index (κ1) is 25.7. The number of non-ortho nitro benzene ring substituents is 1. The third-order valence-electron chi connectivity index (χ3n) is 5.61. The maximum atomic E-state index is 14.1. The maximum Gasteiger partial charge on any atom is 0.269 e. The summed E-state index contributed by atoms with van der Waals surface area (Å²) in [5.74, 6) is -3.43. The number of nitrogens with zero attached hydrogens (tertiary/aromatic N) is 1. The average Bonchev–Trinajstić information content (AvgIpc) is 2.80. The van der Waals surface area contributed by atoms with Crippen molar-refractivity contribution in [3.05, 3.63) is 92.3 Å². The summed E-state index contributed by atoms with van der Waals surface area (Å²) >= 11 is 0. The molecule has 0 bridgehead atoms. The quantitative estimate of drug-likeness (QED) is 0.434. The maximum absolute atomic E-state index is 14.1. The monoisotopic (exact) mass is 485 g/mol. The number of allylic oxidation sites excluding steroid dienone is 3. The molecule has 1 heterocycles. The summed E-state index contributed by atoms with van der Waals surface area (Å²) in [6, 6.07) is 8.55. The van der Waals surface area contributed by atoms with Crippen molar-refractivity contribution < 1.29 is 28.4 Å². The van der Waals surface area contributed by atoms with Crippen LogP contribution in [0.15, 0.2) is 65.0 Å². The van der Waals surface area contributed by atoms with Gasteiger partial charge in [-0.1, -0.05) is 12.1 Å². The number of ketones is 1. The van der Waals surface area contributed by atoms with Crippen molar-refractivity contribution >= 4 is 23.1 Å². The number of nitro groups is 1. The fourth-order valence-electron chi connectivity index (χ4n) is 4.22. The molecule has 0 aromatic heterocycles. The van der Waals surface area contributed by atoms with E-state index >= 15 is 0 Å². The van der Waals surface area contributed by atoms with Gasteiger partial charge in [-0.15, -0.1) is 0 Å². The number of aliphatic hydroxyl groups excluding tert-OH is 1. The Hall–Kier alpha value is -3.92. The second-order valence-corrected chi connectivity index (χ2v) is 8.01. The molecule has 3 N–H and O–H groups in total. The molecule has 1 aliphatic carbocycles. The normalized spacial score (nSPS) is 17.2. The highest BCUT2D eigenvalue weighted by Crippen LogP contribution is 2.43. The van der Waals surface area contributed by atoms with Crippen LogP contribution in [-0.2, 0) is 9.59 Å². The Morgan fingerprint density at radius 2 is 1.94 bits per heavy atom. The number of anilines is 1. The van der Waals surface area contributed by atoms with Crippen molar-refractivity contribution in [2.45, 2.75) is 39.0 Å². The largest absolute Gasteiger partial charge is 0.397 e. The molecule has 10 heteroatoms. The molecule has 0 radical (unpaired) electrons. The molecule has 1 aliphatic heterocycles. The van der Waals surface area contributed by atoms with Gasteiger partial charge in [-0.2, -0.15) is 0 Å². The van der Waals surface area contributed by atoms with Gasteiger partial charge in [0.05, 0.1) is 10.6 Å². The third-order valence-corrected chi connectivity index (χ3v) is 5.61. The van der Waals surface area contributed by atoms with Crippen LogP contribution in [0.2, 0.25) is 0 Å². The predicted octanol–water partition coefficient (Wildman–Crippen LogP) is 4.48. The van der Waals surface area contributed by atoms with E-state index in [0.29, 0.717) is 47.9 Å². The van der Waals surface area contributed by atoms with Gasteiger partial charge in [0.1, 0.15) is 11.6 Å². The minimum atomic E-state index is -0.944. The Kier molecular flexibility index (Phi) is 8.08. The number of carbonyl (C=O) groups is 2. The molecule has 2 aliphatic rings. The molecule has 0 saturated carbocycles. The number of nitrogens with one attached hydrogen (secondary N) is 2. The van der Waals surface area contributed by atoms with Gasteiger partial charge in [-0.05, 0) is 44.4 Å².